The minimum Gasteiger partial charge on any atom is -0.393 e. The van der Waals surface area contributed by atoms with Crippen molar-refractivity contribution >= 4 is 11.8 Å². The van der Waals surface area contributed by atoms with Gasteiger partial charge in [-0.1, -0.05) is 80.1 Å². The van der Waals surface area contributed by atoms with Gasteiger partial charge in [0.25, 0.3) is 0 Å². The molecule has 0 spiro atoms. The predicted octanol–water partition coefficient (Wildman–Crippen LogP) is 6.08. The Morgan fingerprint density at radius 2 is 1.79 bits per heavy atom. The number of benzene rings is 3. The monoisotopic (exact) mass is 390 g/mol. The molecule has 28 heavy (non-hydrogen) atoms. The van der Waals surface area contributed by atoms with Crippen LogP contribution in [-0.2, 0) is 16.9 Å². The van der Waals surface area contributed by atoms with Gasteiger partial charge < -0.3 is 9.84 Å². The second-order valence-corrected chi connectivity index (χ2v) is 8.22. The quantitative estimate of drug-likeness (QED) is 0.553. The van der Waals surface area contributed by atoms with E-state index in [1.807, 2.05) is 42.1 Å². The Morgan fingerprint density at radius 3 is 2.57 bits per heavy atom. The molecule has 0 amide bonds. The zero-order valence-electron chi connectivity index (χ0n) is 16.2. The normalized spacial score (nSPS) is 16.7. The highest BCUT2D eigenvalue weighted by atomic mass is 32.2. The number of ether oxygens (including phenoxy) is 1. The zero-order valence-corrected chi connectivity index (χ0v) is 17.0. The van der Waals surface area contributed by atoms with E-state index in [1.165, 1.54) is 27.1 Å². The molecule has 3 aromatic rings. The van der Waals surface area contributed by atoms with Crippen LogP contribution < -0.4 is 0 Å². The number of fused-ring (bicyclic) bond motifs is 2. The maximum absolute atomic E-state index is 10.1. The number of hydrogen-bond donors (Lipinski definition) is 1. The number of hydrogen-bond acceptors (Lipinski definition) is 3. The van der Waals surface area contributed by atoms with Gasteiger partial charge >= 0.3 is 0 Å². The van der Waals surface area contributed by atoms with Gasteiger partial charge in [0, 0.05) is 10.6 Å². The van der Waals surface area contributed by atoms with E-state index in [0.717, 1.165) is 24.2 Å². The molecule has 0 aromatic heterocycles. The summed E-state index contributed by atoms with van der Waals surface area (Å²) in [5.74, 6) is 0.943. The van der Waals surface area contributed by atoms with Crippen LogP contribution in [0.25, 0.3) is 0 Å². The molecule has 3 aromatic carbocycles. The number of aryl methyl sites for hydroxylation is 1. The summed E-state index contributed by atoms with van der Waals surface area (Å²) in [6.07, 6.45) is 1.70. The summed E-state index contributed by atoms with van der Waals surface area (Å²) in [7, 11) is 0. The molecule has 1 aliphatic rings. The van der Waals surface area contributed by atoms with Crippen LogP contribution in [0, 0.1) is 0 Å². The Kier molecular flexibility index (Phi) is 6.16. The van der Waals surface area contributed by atoms with Gasteiger partial charge in [0.1, 0.15) is 12.2 Å². The first-order chi connectivity index (χ1) is 13.8. The lowest BCUT2D eigenvalue weighted by Gasteiger charge is -2.26. The van der Waals surface area contributed by atoms with Gasteiger partial charge in [-0.25, -0.2) is 0 Å². The van der Waals surface area contributed by atoms with Crippen LogP contribution in [0.4, 0.5) is 0 Å². The molecular formula is C25H26O2S. The molecule has 1 N–H and O–H groups in total. The topological polar surface area (TPSA) is 29.5 Å². The van der Waals surface area contributed by atoms with Crippen LogP contribution in [0.5, 0.6) is 0 Å². The van der Waals surface area contributed by atoms with Gasteiger partial charge in [0.05, 0.1) is 6.61 Å². The van der Waals surface area contributed by atoms with Crippen molar-refractivity contribution in [3.8, 4) is 0 Å². The highest BCUT2D eigenvalue weighted by Crippen LogP contribution is 2.43. The molecule has 0 fully saturated rings. The first-order valence-corrected chi connectivity index (χ1v) is 10.9. The van der Waals surface area contributed by atoms with Crippen LogP contribution in [0.2, 0.25) is 0 Å². The minimum atomic E-state index is -0.356. The number of thioether (sulfide) groups is 1. The van der Waals surface area contributed by atoms with Crippen LogP contribution in [-0.4, -0.2) is 11.7 Å². The van der Waals surface area contributed by atoms with Crippen molar-refractivity contribution in [2.24, 2.45) is 0 Å². The zero-order chi connectivity index (χ0) is 19.3. The lowest BCUT2D eigenvalue weighted by Crippen LogP contribution is -2.16. The van der Waals surface area contributed by atoms with Crippen molar-refractivity contribution in [2.45, 2.75) is 42.6 Å². The van der Waals surface area contributed by atoms with E-state index < -0.39 is 0 Å². The predicted molar refractivity (Wildman–Crippen MR) is 116 cm³/mol. The second kappa shape index (κ2) is 8.95. The summed E-state index contributed by atoms with van der Waals surface area (Å²) in [5, 5.41) is 10.1. The van der Waals surface area contributed by atoms with Gasteiger partial charge in [-0.2, -0.15) is 0 Å². The standard InChI is InChI=1S/C25H26O2S/c1-2-8-18-13-14-21-20(15-18)17-28-24-12-7-6-11-22(24)25(21)27-23(16-26)19-9-4-3-5-10-19/h3-7,9-15,23,25-26H,2,8,16-17H2,1H3. The van der Waals surface area contributed by atoms with Crippen LogP contribution in [0.1, 0.15) is 53.4 Å². The molecule has 2 atom stereocenters. The SMILES string of the molecule is CCCc1ccc2c(c1)CSc1ccccc1C2OC(CO)c1ccccc1. The third-order valence-corrected chi connectivity index (χ3v) is 6.39. The van der Waals surface area contributed by atoms with E-state index in [-0.39, 0.29) is 18.8 Å². The molecule has 4 rings (SSSR count). The lowest BCUT2D eigenvalue weighted by molar-refractivity contribution is -0.0260. The first kappa shape index (κ1) is 19.3. The van der Waals surface area contributed by atoms with Crippen LogP contribution >= 0.6 is 11.8 Å². The maximum Gasteiger partial charge on any atom is 0.110 e. The largest absolute Gasteiger partial charge is 0.393 e. The lowest BCUT2D eigenvalue weighted by atomic mass is 9.94. The van der Waals surface area contributed by atoms with Gasteiger partial charge in [0.15, 0.2) is 0 Å². The Hall–Kier alpha value is -2.07. The molecule has 2 unspecified atom stereocenters. The molecule has 0 saturated heterocycles. The van der Waals surface area contributed by atoms with Crippen molar-refractivity contribution in [3.63, 3.8) is 0 Å². The molecule has 2 nitrogen and oxygen atoms in total. The summed E-state index contributed by atoms with van der Waals surface area (Å²) in [6, 6.07) is 25.3. The Labute approximate surface area is 171 Å². The molecular weight excluding hydrogens is 364 g/mol. The Balaban J connectivity index is 1.76. The van der Waals surface area contributed by atoms with Gasteiger partial charge in [-0.05, 0) is 40.3 Å². The van der Waals surface area contributed by atoms with Gasteiger partial charge in [-0.15, -0.1) is 11.8 Å². The molecule has 1 heterocycles. The number of aliphatic hydroxyl groups is 1. The van der Waals surface area contributed by atoms with Gasteiger partial charge in [0.2, 0.25) is 0 Å². The molecule has 0 radical (unpaired) electrons. The summed E-state index contributed by atoms with van der Waals surface area (Å²) in [4.78, 5) is 1.26. The number of aliphatic hydroxyl groups excluding tert-OH is 1. The summed E-state index contributed by atoms with van der Waals surface area (Å²) >= 11 is 1.87. The van der Waals surface area contributed by atoms with E-state index in [9.17, 15) is 5.11 Å². The molecule has 3 heteroatoms. The minimum absolute atomic E-state index is 0.0426. The Morgan fingerprint density at radius 1 is 1.00 bits per heavy atom. The van der Waals surface area contributed by atoms with Gasteiger partial charge in [-0.3, -0.25) is 0 Å². The fourth-order valence-corrected chi connectivity index (χ4v) is 4.92. The van der Waals surface area contributed by atoms with Crippen molar-refractivity contribution in [3.05, 3.63) is 101 Å². The van der Waals surface area contributed by atoms with Crippen molar-refractivity contribution in [1.82, 2.24) is 0 Å². The van der Waals surface area contributed by atoms with Crippen LogP contribution in [0.3, 0.4) is 0 Å². The van der Waals surface area contributed by atoms with E-state index in [2.05, 4.69) is 49.4 Å². The summed E-state index contributed by atoms with van der Waals surface area (Å²) < 4.78 is 6.60. The van der Waals surface area contributed by atoms with E-state index in [0.29, 0.717) is 0 Å². The van der Waals surface area contributed by atoms with E-state index in [4.69, 9.17) is 4.74 Å². The second-order valence-electron chi connectivity index (χ2n) is 7.21. The third-order valence-electron chi connectivity index (χ3n) is 5.25. The molecule has 1 aliphatic heterocycles. The average molecular weight is 391 g/mol. The Bertz CT molecular complexity index is 923. The molecule has 0 saturated carbocycles. The first-order valence-electron chi connectivity index (χ1n) is 9.94. The summed E-state index contributed by atoms with van der Waals surface area (Å²) in [6.45, 7) is 2.17. The van der Waals surface area contributed by atoms with Crippen molar-refractivity contribution in [1.29, 1.82) is 0 Å². The van der Waals surface area contributed by atoms with Crippen molar-refractivity contribution in [2.75, 3.05) is 6.61 Å². The molecule has 0 bridgehead atoms. The van der Waals surface area contributed by atoms with Crippen molar-refractivity contribution < 1.29 is 9.84 Å². The fourth-order valence-electron chi connectivity index (χ4n) is 3.84. The number of rotatable bonds is 6. The molecule has 144 valence electrons. The maximum atomic E-state index is 10.1. The van der Waals surface area contributed by atoms with E-state index >= 15 is 0 Å². The third kappa shape index (κ3) is 4.02. The summed E-state index contributed by atoms with van der Waals surface area (Å²) in [5.41, 5.74) is 6.12. The van der Waals surface area contributed by atoms with Crippen LogP contribution in [0.15, 0.2) is 77.7 Å². The van der Waals surface area contributed by atoms with E-state index in [1.54, 1.807) is 0 Å². The fraction of sp³-hybridized carbons (Fsp3) is 0.280. The highest BCUT2D eigenvalue weighted by molar-refractivity contribution is 7.98. The smallest absolute Gasteiger partial charge is 0.110 e. The molecule has 0 aliphatic carbocycles. The highest BCUT2D eigenvalue weighted by Gasteiger charge is 2.28. The average Bonchev–Trinajstić information content (AvgIpc) is 2.89.